The van der Waals surface area contributed by atoms with Crippen molar-refractivity contribution in [3.63, 3.8) is 0 Å². The first-order chi connectivity index (χ1) is 8.18. The van der Waals surface area contributed by atoms with Gasteiger partial charge in [-0.25, -0.2) is 0 Å². The van der Waals surface area contributed by atoms with Gasteiger partial charge in [-0.2, -0.15) is 0 Å². The Morgan fingerprint density at radius 2 is 1.82 bits per heavy atom. The molecule has 0 aliphatic heterocycles. The van der Waals surface area contributed by atoms with E-state index in [0.29, 0.717) is 0 Å². The van der Waals surface area contributed by atoms with Crippen LogP contribution in [0.5, 0.6) is 0 Å². The SMILES string of the molecule is Cc1ccc2sc3ccccc3c(=O)c2c1S. The monoisotopic (exact) mass is 258 g/mol. The Bertz CT molecular complexity index is 787. The van der Waals surface area contributed by atoms with E-state index < -0.39 is 0 Å². The summed E-state index contributed by atoms with van der Waals surface area (Å²) in [5.41, 5.74) is 1.13. The minimum Gasteiger partial charge on any atom is -0.288 e. The maximum atomic E-state index is 12.4. The molecule has 0 bridgehead atoms. The Labute approximate surface area is 108 Å². The van der Waals surface area contributed by atoms with Crippen LogP contribution in [-0.2, 0) is 0 Å². The quantitative estimate of drug-likeness (QED) is 0.476. The number of hydrogen-bond donors (Lipinski definition) is 1. The third-order valence-electron chi connectivity index (χ3n) is 2.92. The number of hydrogen-bond acceptors (Lipinski definition) is 3. The molecule has 1 nitrogen and oxygen atoms in total. The molecule has 0 saturated carbocycles. The fourth-order valence-corrected chi connectivity index (χ4v) is 3.44. The van der Waals surface area contributed by atoms with Gasteiger partial charge in [-0.05, 0) is 30.7 Å². The summed E-state index contributed by atoms with van der Waals surface area (Å²) in [5.74, 6) is 0. The first-order valence-electron chi connectivity index (χ1n) is 5.32. The molecule has 0 saturated heterocycles. The van der Waals surface area contributed by atoms with Gasteiger partial charge >= 0.3 is 0 Å². The highest BCUT2D eigenvalue weighted by Crippen LogP contribution is 2.29. The number of rotatable bonds is 0. The zero-order chi connectivity index (χ0) is 12.0. The van der Waals surface area contributed by atoms with Crippen LogP contribution in [0.15, 0.2) is 46.1 Å². The topological polar surface area (TPSA) is 17.1 Å². The molecule has 3 rings (SSSR count). The molecule has 1 aromatic heterocycles. The molecule has 0 spiro atoms. The molecule has 3 aromatic rings. The lowest BCUT2D eigenvalue weighted by molar-refractivity contribution is 1.36. The highest BCUT2D eigenvalue weighted by molar-refractivity contribution is 7.80. The number of thiol groups is 1. The molecule has 0 aliphatic carbocycles. The van der Waals surface area contributed by atoms with Gasteiger partial charge in [0.1, 0.15) is 0 Å². The summed E-state index contributed by atoms with van der Waals surface area (Å²) in [7, 11) is 0. The second-order valence-corrected chi connectivity index (χ2v) is 5.56. The molecule has 0 radical (unpaired) electrons. The van der Waals surface area contributed by atoms with Crippen molar-refractivity contribution in [2.24, 2.45) is 0 Å². The summed E-state index contributed by atoms with van der Waals surface area (Å²) in [6.07, 6.45) is 0. The van der Waals surface area contributed by atoms with E-state index in [1.54, 1.807) is 11.3 Å². The van der Waals surface area contributed by atoms with Gasteiger partial charge in [-0.3, -0.25) is 4.79 Å². The van der Waals surface area contributed by atoms with Gasteiger partial charge in [0.15, 0.2) is 5.43 Å². The maximum absolute atomic E-state index is 12.4. The van der Waals surface area contributed by atoms with Crippen molar-refractivity contribution in [3.05, 3.63) is 52.2 Å². The highest BCUT2D eigenvalue weighted by atomic mass is 32.1. The minimum absolute atomic E-state index is 0.0862. The third-order valence-corrected chi connectivity index (χ3v) is 4.63. The van der Waals surface area contributed by atoms with Gasteiger partial charge in [-0.15, -0.1) is 24.0 Å². The smallest absolute Gasteiger partial charge is 0.196 e. The zero-order valence-corrected chi connectivity index (χ0v) is 10.9. The standard InChI is InChI=1S/C14H10OS2/c1-8-6-7-11-12(14(8)16)13(15)9-4-2-3-5-10(9)17-11/h2-7,16H,1H3. The van der Waals surface area contributed by atoms with Crippen molar-refractivity contribution in [1.82, 2.24) is 0 Å². The molecule has 0 fully saturated rings. The van der Waals surface area contributed by atoms with Crippen LogP contribution in [-0.4, -0.2) is 0 Å². The van der Waals surface area contributed by atoms with Gasteiger partial charge in [0.05, 0.1) is 5.39 Å². The van der Waals surface area contributed by atoms with E-state index in [1.165, 1.54) is 0 Å². The molecule has 3 heteroatoms. The fourth-order valence-electron chi connectivity index (χ4n) is 1.98. The Morgan fingerprint density at radius 3 is 2.65 bits per heavy atom. The molecule has 0 amide bonds. The minimum atomic E-state index is 0.0862. The van der Waals surface area contributed by atoms with Gasteiger partial charge in [0, 0.05) is 19.7 Å². The number of benzene rings is 2. The molecule has 0 atom stereocenters. The van der Waals surface area contributed by atoms with E-state index in [4.69, 9.17) is 0 Å². The Morgan fingerprint density at radius 1 is 1.06 bits per heavy atom. The first-order valence-corrected chi connectivity index (χ1v) is 6.59. The second kappa shape index (κ2) is 3.86. The second-order valence-electron chi connectivity index (χ2n) is 4.03. The molecule has 84 valence electrons. The molecular formula is C14H10OS2. The average molecular weight is 258 g/mol. The summed E-state index contributed by atoms with van der Waals surface area (Å²) in [5, 5.41) is 1.53. The van der Waals surface area contributed by atoms with E-state index in [9.17, 15) is 4.79 Å². The molecule has 0 aliphatic rings. The van der Waals surface area contributed by atoms with Crippen molar-refractivity contribution in [2.75, 3.05) is 0 Å². The van der Waals surface area contributed by atoms with Crippen molar-refractivity contribution < 1.29 is 0 Å². The van der Waals surface area contributed by atoms with Gasteiger partial charge in [0.25, 0.3) is 0 Å². The third kappa shape index (κ3) is 1.58. The predicted molar refractivity (Wildman–Crippen MR) is 77.6 cm³/mol. The maximum Gasteiger partial charge on any atom is 0.196 e. The van der Waals surface area contributed by atoms with Crippen molar-refractivity contribution in [1.29, 1.82) is 0 Å². The molecule has 0 unspecified atom stereocenters. The van der Waals surface area contributed by atoms with Gasteiger partial charge < -0.3 is 0 Å². The predicted octanol–water partition coefficient (Wildman–Crippen LogP) is 4.01. The molecule has 17 heavy (non-hydrogen) atoms. The highest BCUT2D eigenvalue weighted by Gasteiger charge is 2.09. The summed E-state index contributed by atoms with van der Waals surface area (Å²) in [6, 6.07) is 11.7. The van der Waals surface area contributed by atoms with Gasteiger partial charge in [0.2, 0.25) is 0 Å². The van der Waals surface area contributed by atoms with Crippen LogP contribution in [0, 0.1) is 6.92 Å². The lowest BCUT2D eigenvalue weighted by Crippen LogP contribution is -2.02. The summed E-state index contributed by atoms with van der Waals surface area (Å²) in [4.78, 5) is 13.2. The number of fused-ring (bicyclic) bond motifs is 2. The lowest BCUT2D eigenvalue weighted by atomic mass is 10.1. The largest absolute Gasteiger partial charge is 0.288 e. The summed E-state index contributed by atoms with van der Waals surface area (Å²) >= 11 is 6.11. The van der Waals surface area contributed by atoms with E-state index >= 15 is 0 Å². The van der Waals surface area contributed by atoms with E-state index in [-0.39, 0.29) is 5.43 Å². The van der Waals surface area contributed by atoms with Crippen LogP contribution in [0.2, 0.25) is 0 Å². The molecular weight excluding hydrogens is 248 g/mol. The van der Waals surface area contributed by atoms with E-state index in [0.717, 1.165) is 30.6 Å². The van der Waals surface area contributed by atoms with Crippen molar-refractivity contribution >= 4 is 44.1 Å². The Balaban J connectivity index is 2.66. The van der Waals surface area contributed by atoms with Crippen LogP contribution in [0.4, 0.5) is 0 Å². The molecule has 0 N–H and O–H groups in total. The van der Waals surface area contributed by atoms with Crippen molar-refractivity contribution in [2.45, 2.75) is 11.8 Å². The molecule has 2 aromatic carbocycles. The Hall–Kier alpha value is -1.32. The summed E-state index contributed by atoms with van der Waals surface area (Å²) < 4.78 is 2.03. The van der Waals surface area contributed by atoms with Gasteiger partial charge in [-0.1, -0.05) is 18.2 Å². The van der Waals surface area contributed by atoms with Crippen LogP contribution >= 0.6 is 24.0 Å². The average Bonchev–Trinajstić information content (AvgIpc) is 2.34. The van der Waals surface area contributed by atoms with E-state index in [2.05, 4.69) is 12.6 Å². The Kier molecular flexibility index (Phi) is 2.45. The van der Waals surface area contributed by atoms with Crippen LogP contribution in [0.3, 0.4) is 0 Å². The van der Waals surface area contributed by atoms with Crippen LogP contribution in [0.25, 0.3) is 20.2 Å². The number of aryl methyl sites for hydroxylation is 1. The first kappa shape index (κ1) is 10.8. The van der Waals surface area contributed by atoms with Crippen LogP contribution < -0.4 is 5.43 Å². The van der Waals surface area contributed by atoms with Crippen LogP contribution in [0.1, 0.15) is 5.56 Å². The zero-order valence-electron chi connectivity index (χ0n) is 9.23. The fraction of sp³-hybridized carbons (Fsp3) is 0.0714. The summed E-state index contributed by atoms with van der Waals surface area (Å²) in [6.45, 7) is 1.97. The normalized spacial score (nSPS) is 11.2. The lowest BCUT2D eigenvalue weighted by Gasteiger charge is -2.05. The van der Waals surface area contributed by atoms with Crippen molar-refractivity contribution in [3.8, 4) is 0 Å². The van der Waals surface area contributed by atoms with E-state index in [1.807, 2.05) is 43.3 Å². The molecule has 1 heterocycles.